The second kappa shape index (κ2) is 8.70. The maximum absolute atomic E-state index is 13.2. The van der Waals surface area contributed by atoms with E-state index in [4.69, 9.17) is 4.74 Å². The van der Waals surface area contributed by atoms with E-state index in [1.165, 1.54) is 12.1 Å². The Bertz CT molecular complexity index is 908. The third-order valence-corrected chi connectivity index (χ3v) is 6.35. The second-order valence-corrected chi connectivity index (χ2v) is 8.60. The zero-order chi connectivity index (χ0) is 20.1. The Kier molecular flexibility index (Phi) is 6.31. The van der Waals surface area contributed by atoms with E-state index in [0.717, 1.165) is 34.8 Å². The Morgan fingerprint density at radius 2 is 1.86 bits per heavy atom. The average molecular weight is 406 g/mol. The number of benzene rings is 2. The number of aryl methyl sites for hydroxylation is 1. The van der Waals surface area contributed by atoms with Gasteiger partial charge in [-0.05, 0) is 56.2 Å². The molecule has 0 spiro atoms. The Hall–Kier alpha value is -2.45. The van der Waals surface area contributed by atoms with Crippen LogP contribution < -0.4 is 9.62 Å². The highest BCUT2D eigenvalue weighted by Gasteiger charge is 2.27. The molecular formula is C20H23FN2O4S. The van der Waals surface area contributed by atoms with Crippen molar-refractivity contribution in [1.82, 2.24) is 5.32 Å². The molecule has 1 heterocycles. The van der Waals surface area contributed by atoms with Crippen LogP contribution in [0, 0.1) is 12.7 Å². The van der Waals surface area contributed by atoms with Gasteiger partial charge < -0.3 is 10.1 Å². The summed E-state index contributed by atoms with van der Waals surface area (Å²) in [5.41, 5.74) is 1.33. The van der Waals surface area contributed by atoms with Gasteiger partial charge in [-0.1, -0.05) is 17.7 Å². The highest BCUT2D eigenvalue weighted by molar-refractivity contribution is 7.92. The first-order valence-electron chi connectivity index (χ1n) is 9.09. The highest BCUT2D eigenvalue weighted by atomic mass is 32.2. The van der Waals surface area contributed by atoms with Gasteiger partial charge in [0.1, 0.15) is 12.4 Å². The molecule has 1 unspecified atom stereocenters. The van der Waals surface area contributed by atoms with Gasteiger partial charge in [-0.25, -0.2) is 12.8 Å². The SMILES string of the molecule is Cc1ccc(N(CC(=O)NCC2CCCO2)S(=O)(=O)c2ccc(F)cc2)cc1. The lowest BCUT2D eigenvalue weighted by Gasteiger charge is -2.24. The Morgan fingerprint density at radius 1 is 1.18 bits per heavy atom. The highest BCUT2D eigenvalue weighted by Crippen LogP contribution is 2.24. The molecule has 1 atom stereocenters. The molecule has 0 bridgehead atoms. The summed E-state index contributed by atoms with van der Waals surface area (Å²) < 4.78 is 46.0. The predicted molar refractivity (Wildman–Crippen MR) is 104 cm³/mol. The lowest BCUT2D eigenvalue weighted by Crippen LogP contribution is -2.42. The minimum absolute atomic E-state index is 0.0366. The lowest BCUT2D eigenvalue weighted by atomic mass is 10.2. The van der Waals surface area contributed by atoms with Crippen LogP contribution in [0.2, 0.25) is 0 Å². The average Bonchev–Trinajstić information content (AvgIpc) is 3.19. The normalized spacial score (nSPS) is 16.7. The quantitative estimate of drug-likeness (QED) is 0.767. The van der Waals surface area contributed by atoms with E-state index in [9.17, 15) is 17.6 Å². The van der Waals surface area contributed by atoms with Crippen molar-refractivity contribution in [1.29, 1.82) is 0 Å². The molecule has 1 N–H and O–H groups in total. The van der Waals surface area contributed by atoms with Crippen molar-refractivity contribution in [2.75, 3.05) is 24.0 Å². The first-order valence-corrected chi connectivity index (χ1v) is 10.5. The number of hydrogen-bond acceptors (Lipinski definition) is 4. The van der Waals surface area contributed by atoms with Crippen LogP contribution in [-0.2, 0) is 19.6 Å². The van der Waals surface area contributed by atoms with Gasteiger partial charge in [0, 0.05) is 13.2 Å². The van der Waals surface area contributed by atoms with Gasteiger partial charge in [0.05, 0.1) is 16.7 Å². The summed E-state index contributed by atoms with van der Waals surface area (Å²) in [6.45, 7) is 2.53. The van der Waals surface area contributed by atoms with Crippen molar-refractivity contribution in [2.24, 2.45) is 0 Å². The summed E-state index contributed by atoms with van der Waals surface area (Å²) in [4.78, 5) is 12.4. The van der Waals surface area contributed by atoms with E-state index in [0.29, 0.717) is 18.8 Å². The topological polar surface area (TPSA) is 75.7 Å². The van der Waals surface area contributed by atoms with Gasteiger partial charge in [0.25, 0.3) is 10.0 Å². The number of anilines is 1. The second-order valence-electron chi connectivity index (χ2n) is 6.74. The molecule has 8 heteroatoms. The molecule has 150 valence electrons. The summed E-state index contributed by atoms with van der Waals surface area (Å²) in [6, 6.07) is 11.4. The standard InChI is InChI=1S/C20H23FN2O4S/c1-15-4-8-17(9-5-15)23(14-20(24)22-13-18-3-2-12-27-18)28(25,26)19-10-6-16(21)7-11-19/h4-11,18H,2-3,12-14H2,1H3,(H,22,24). The molecule has 1 saturated heterocycles. The van der Waals surface area contributed by atoms with Gasteiger partial charge in [-0.2, -0.15) is 0 Å². The lowest BCUT2D eigenvalue weighted by molar-refractivity contribution is -0.120. The number of sulfonamides is 1. The van der Waals surface area contributed by atoms with E-state index in [2.05, 4.69) is 5.32 Å². The smallest absolute Gasteiger partial charge is 0.264 e. The number of ether oxygens (including phenoxy) is 1. The number of amides is 1. The van der Waals surface area contributed by atoms with Crippen molar-refractivity contribution in [3.63, 3.8) is 0 Å². The zero-order valence-corrected chi connectivity index (χ0v) is 16.4. The van der Waals surface area contributed by atoms with E-state index in [-0.39, 0.29) is 17.5 Å². The van der Waals surface area contributed by atoms with Gasteiger partial charge in [0.2, 0.25) is 5.91 Å². The summed E-state index contributed by atoms with van der Waals surface area (Å²) in [7, 11) is -4.04. The fourth-order valence-electron chi connectivity index (χ4n) is 2.98. The summed E-state index contributed by atoms with van der Waals surface area (Å²) in [5.74, 6) is -0.961. The molecule has 0 saturated carbocycles. The summed E-state index contributed by atoms with van der Waals surface area (Å²) >= 11 is 0. The zero-order valence-electron chi connectivity index (χ0n) is 15.6. The molecule has 28 heavy (non-hydrogen) atoms. The van der Waals surface area contributed by atoms with E-state index < -0.39 is 21.7 Å². The molecular weight excluding hydrogens is 383 g/mol. The number of carbonyl (C=O) groups is 1. The largest absolute Gasteiger partial charge is 0.376 e. The molecule has 1 aliphatic heterocycles. The van der Waals surface area contributed by atoms with Crippen molar-refractivity contribution in [3.05, 3.63) is 59.9 Å². The Morgan fingerprint density at radius 3 is 2.46 bits per heavy atom. The molecule has 6 nitrogen and oxygen atoms in total. The number of carbonyl (C=O) groups excluding carboxylic acids is 1. The summed E-state index contributed by atoms with van der Waals surface area (Å²) in [6.07, 6.45) is 1.79. The molecule has 1 fully saturated rings. The van der Waals surface area contributed by atoms with Crippen LogP contribution in [0.3, 0.4) is 0 Å². The third-order valence-electron chi connectivity index (χ3n) is 4.56. The van der Waals surface area contributed by atoms with Gasteiger partial charge >= 0.3 is 0 Å². The molecule has 0 radical (unpaired) electrons. The van der Waals surface area contributed by atoms with Gasteiger partial charge in [0.15, 0.2) is 0 Å². The molecule has 0 aromatic heterocycles. The summed E-state index contributed by atoms with van der Waals surface area (Å²) in [5, 5.41) is 2.74. The van der Waals surface area contributed by atoms with Gasteiger partial charge in [-0.15, -0.1) is 0 Å². The third kappa shape index (κ3) is 4.88. The molecule has 2 aromatic carbocycles. The maximum Gasteiger partial charge on any atom is 0.264 e. The van der Waals surface area contributed by atoms with E-state index in [1.54, 1.807) is 24.3 Å². The van der Waals surface area contributed by atoms with Crippen LogP contribution in [-0.4, -0.2) is 40.1 Å². The minimum atomic E-state index is -4.04. The molecule has 1 aliphatic rings. The number of halogens is 1. The van der Waals surface area contributed by atoms with Crippen LogP contribution in [0.5, 0.6) is 0 Å². The first kappa shape index (κ1) is 20.3. The molecule has 2 aromatic rings. The van der Waals surface area contributed by atoms with E-state index >= 15 is 0 Å². The van der Waals surface area contributed by atoms with Crippen LogP contribution in [0.25, 0.3) is 0 Å². The Labute approximate surface area is 164 Å². The fraction of sp³-hybridized carbons (Fsp3) is 0.350. The Balaban J connectivity index is 1.83. The van der Waals surface area contributed by atoms with Crippen molar-refractivity contribution in [3.8, 4) is 0 Å². The molecule has 0 aliphatic carbocycles. The number of hydrogen-bond donors (Lipinski definition) is 1. The van der Waals surface area contributed by atoms with Crippen molar-refractivity contribution in [2.45, 2.75) is 30.8 Å². The van der Waals surface area contributed by atoms with E-state index in [1.807, 2.05) is 6.92 Å². The number of nitrogens with one attached hydrogen (secondary N) is 1. The number of rotatable bonds is 7. The maximum atomic E-state index is 13.2. The van der Waals surface area contributed by atoms with Crippen LogP contribution >= 0.6 is 0 Å². The molecule has 3 rings (SSSR count). The predicted octanol–water partition coefficient (Wildman–Crippen LogP) is 2.62. The minimum Gasteiger partial charge on any atom is -0.376 e. The van der Waals surface area contributed by atoms with Crippen LogP contribution in [0.4, 0.5) is 10.1 Å². The fourth-order valence-corrected chi connectivity index (χ4v) is 4.40. The monoisotopic (exact) mass is 406 g/mol. The molecule has 1 amide bonds. The van der Waals surface area contributed by atoms with Crippen LogP contribution in [0.1, 0.15) is 18.4 Å². The number of nitrogens with zero attached hydrogens (tertiary/aromatic N) is 1. The van der Waals surface area contributed by atoms with Gasteiger partial charge in [-0.3, -0.25) is 9.10 Å². The van der Waals surface area contributed by atoms with Crippen molar-refractivity contribution >= 4 is 21.6 Å². The van der Waals surface area contributed by atoms with Crippen molar-refractivity contribution < 1.29 is 22.3 Å². The van der Waals surface area contributed by atoms with Crippen LogP contribution in [0.15, 0.2) is 53.4 Å². The first-order chi connectivity index (χ1) is 13.4.